The number of carbonyl (C=O) groups excluding carboxylic acids is 2. The normalized spacial score (nSPS) is 15.7. The van der Waals surface area contributed by atoms with Gasteiger partial charge >= 0.3 is 0 Å². The molecule has 0 radical (unpaired) electrons. The Morgan fingerprint density at radius 1 is 0.767 bits per heavy atom. The molecule has 2 amide bonds. The smallest absolute Gasteiger partial charge is 0.226 e. The monoisotopic (exact) mass is 410 g/mol. The van der Waals surface area contributed by atoms with Gasteiger partial charge in [0.2, 0.25) is 11.8 Å². The SMILES string of the molecule is O=C1CCN(CC#CCN2CCC(=O)Nc3cc(F)ccc32)c2ccc(F)cc2N1. The third-order valence-electron chi connectivity index (χ3n) is 5.03. The first kappa shape index (κ1) is 19.7. The molecular formula is C22H20F2N4O2. The van der Waals surface area contributed by atoms with E-state index in [1.54, 1.807) is 12.1 Å². The number of carbonyl (C=O) groups is 2. The van der Waals surface area contributed by atoms with E-state index in [-0.39, 0.29) is 24.7 Å². The Kier molecular flexibility index (Phi) is 5.53. The van der Waals surface area contributed by atoms with Crippen molar-refractivity contribution in [3.63, 3.8) is 0 Å². The molecule has 6 nitrogen and oxygen atoms in total. The summed E-state index contributed by atoms with van der Waals surface area (Å²) in [7, 11) is 0. The molecule has 0 unspecified atom stereocenters. The van der Waals surface area contributed by atoms with Gasteiger partial charge in [-0.1, -0.05) is 11.8 Å². The molecule has 154 valence electrons. The van der Waals surface area contributed by atoms with Crippen LogP contribution in [0, 0.1) is 23.5 Å². The van der Waals surface area contributed by atoms with E-state index in [4.69, 9.17) is 0 Å². The highest BCUT2D eigenvalue weighted by atomic mass is 19.1. The number of fused-ring (bicyclic) bond motifs is 2. The number of hydrogen-bond acceptors (Lipinski definition) is 4. The zero-order chi connectivity index (χ0) is 21.1. The highest BCUT2D eigenvalue weighted by molar-refractivity contribution is 5.97. The third kappa shape index (κ3) is 4.35. The van der Waals surface area contributed by atoms with E-state index in [9.17, 15) is 18.4 Å². The number of benzene rings is 2. The molecule has 0 bridgehead atoms. The van der Waals surface area contributed by atoms with Gasteiger partial charge in [0.1, 0.15) is 11.6 Å². The zero-order valence-corrected chi connectivity index (χ0v) is 16.2. The highest BCUT2D eigenvalue weighted by Crippen LogP contribution is 2.30. The minimum Gasteiger partial charge on any atom is -0.358 e. The molecule has 8 heteroatoms. The molecule has 2 aromatic carbocycles. The molecule has 2 aliphatic heterocycles. The summed E-state index contributed by atoms with van der Waals surface area (Å²) in [4.78, 5) is 27.6. The van der Waals surface area contributed by atoms with Gasteiger partial charge in [-0.15, -0.1) is 0 Å². The zero-order valence-electron chi connectivity index (χ0n) is 16.2. The maximum Gasteiger partial charge on any atom is 0.226 e. The van der Waals surface area contributed by atoms with Crippen molar-refractivity contribution in [1.29, 1.82) is 0 Å². The van der Waals surface area contributed by atoms with Crippen molar-refractivity contribution in [1.82, 2.24) is 0 Å². The maximum absolute atomic E-state index is 13.5. The van der Waals surface area contributed by atoms with Crippen LogP contribution in [0.1, 0.15) is 12.8 Å². The minimum absolute atomic E-state index is 0.164. The number of nitrogens with one attached hydrogen (secondary N) is 2. The van der Waals surface area contributed by atoms with Gasteiger partial charge in [0.25, 0.3) is 0 Å². The second kappa shape index (κ2) is 8.41. The Labute approximate surface area is 172 Å². The van der Waals surface area contributed by atoms with E-state index >= 15 is 0 Å². The van der Waals surface area contributed by atoms with Crippen LogP contribution in [-0.2, 0) is 9.59 Å². The Balaban J connectivity index is 1.48. The number of rotatable bonds is 2. The van der Waals surface area contributed by atoms with Crippen molar-refractivity contribution < 1.29 is 18.4 Å². The fourth-order valence-electron chi connectivity index (χ4n) is 3.54. The number of anilines is 4. The predicted octanol–water partition coefficient (Wildman–Crippen LogP) is 2.97. The summed E-state index contributed by atoms with van der Waals surface area (Å²) < 4.78 is 27.1. The lowest BCUT2D eigenvalue weighted by Crippen LogP contribution is -2.26. The van der Waals surface area contributed by atoms with Crippen molar-refractivity contribution in [2.45, 2.75) is 12.8 Å². The molecule has 30 heavy (non-hydrogen) atoms. The van der Waals surface area contributed by atoms with Crippen molar-refractivity contribution in [3.05, 3.63) is 48.0 Å². The van der Waals surface area contributed by atoms with E-state index < -0.39 is 11.6 Å². The fraction of sp³-hybridized carbons (Fsp3) is 0.273. The summed E-state index contributed by atoms with van der Waals surface area (Å²) in [6.07, 6.45) is 0.577. The first-order valence-corrected chi connectivity index (χ1v) is 9.64. The topological polar surface area (TPSA) is 64.7 Å². The molecule has 2 aromatic rings. The summed E-state index contributed by atoms with van der Waals surface area (Å²) in [6.45, 7) is 1.69. The van der Waals surface area contributed by atoms with Crippen LogP contribution >= 0.6 is 0 Å². The Morgan fingerprint density at radius 3 is 1.63 bits per heavy atom. The summed E-state index contributed by atoms with van der Waals surface area (Å²) >= 11 is 0. The lowest BCUT2D eigenvalue weighted by Gasteiger charge is -2.22. The standard InChI is InChI=1S/C22H20F2N4O2/c23-15-3-5-19-17(13-15)25-21(29)7-11-27(19)9-1-2-10-28-12-8-22(30)26-18-14-16(24)4-6-20(18)28/h3-6,13-14H,7-12H2,(H,25,29)(H,26,30). The van der Waals surface area contributed by atoms with Crippen LogP contribution in [0.2, 0.25) is 0 Å². The number of nitrogens with zero attached hydrogens (tertiary/aromatic N) is 2. The average Bonchev–Trinajstić information content (AvgIpc) is 2.95. The summed E-state index contributed by atoms with van der Waals surface area (Å²) in [5.74, 6) is 5.03. The highest BCUT2D eigenvalue weighted by Gasteiger charge is 2.20. The second-order valence-electron chi connectivity index (χ2n) is 7.12. The predicted molar refractivity (Wildman–Crippen MR) is 111 cm³/mol. The Bertz CT molecular complexity index is 979. The molecule has 4 rings (SSSR count). The Morgan fingerprint density at radius 2 is 1.20 bits per heavy atom. The number of hydrogen-bond donors (Lipinski definition) is 2. The van der Waals surface area contributed by atoms with Gasteiger partial charge in [0.15, 0.2) is 0 Å². The molecule has 0 aromatic heterocycles. The van der Waals surface area contributed by atoms with E-state index in [0.717, 1.165) is 11.4 Å². The molecule has 0 spiro atoms. The van der Waals surface area contributed by atoms with Crippen molar-refractivity contribution in [3.8, 4) is 11.8 Å². The van der Waals surface area contributed by atoms with Crippen LogP contribution in [0.4, 0.5) is 31.5 Å². The minimum atomic E-state index is -0.415. The molecule has 2 N–H and O–H groups in total. The largest absolute Gasteiger partial charge is 0.358 e. The van der Waals surface area contributed by atoms with E-state index in [1.165, 1.54) is 24.3 Å². The van der Waals surface area contributed by atoms with Crippen molar-refractivity contribution in [2.75, 3.05) is 46.6 Å². The summed E-state index contributed by atoms with van der Waals surface area (Å²) in [5.41, 5.74) is 2.32. The molecule has 2 heterocycles. The van der Waals surface area contributed by atoms with Crippen molar-refractivity contribution >= 4 is 34.6 Å². The third-order valence-corrected chi connectivity index (χ3v) is 5.03. The summed E-state index contributed by atoms with van der Waals surface area (Å²) in [6, 6.07) is 8.58. The van der Waals surface area contributed by atoms with Gasteiger partial charge in [0.05, 0.1) is 35.8 Å². The van der Waals surface area contributed by atoms with Crippen LogP contribution in [0.5, 0.6) is 0 Å². The quantitative estimate of drug-likeness (QED) is 0.748. The average molecular weight is 410 g/mol. The van der Waals surface area contributed by atoms with E-state index in [0.29, 0.717) is 37.6 Å². The molecule has 0 fully saturated rings. The van der Waals surface area contributed by atoms with E-state index in [1.807, 2.05) is 9.80 Å². The number of amides is 2. The molecule has 0 saturated carbocycles. The fourth-order valence-corrected chi connectivity index (χ4v) is 3.54. The Hall–Kier alpha value is -3.60. The van der Waals surface area contributed by atoms with Gasteiger partial charge in [-0.2, -0.15) is 0 Å². The molecule has 0 aliphatic carbocycles. The van der Waals surface area contributed by atoms with Gasteiger partial charge in [0, 0.05) is 25.9 Å². The van der Waals surface area contributed by atoms with Gasteiger partial charge in [-0.3, -0.25) is 9.59 Å². The van der Waals surface area contributed by atoms with Gasteiger partial charge in [-0.05, 0) is 36.4 Å². The van der Waals surface area contributed by atoms with Crippen LogP contribution in [0.15, 0.2) is 36.4 Å². The lowest BCUT2D eigenvalue weighted by atomic mass is 10.2. The molecule has 0 atom stereocenters. The number of halogens is 2. The first-order chi connectivity index (χ1) is 14.5. The molecule has 2 aliphatic rings. The molecular weight excluding hydrogens is 390 g/mol. The first-order valence-electron chi connectivity index (χ1n) is 9.64. The lowest BCUT2D eigenvalue weighted by molar-refractivity contribution is -0.116. The van der Waals surface area contributed by atoms with Crippen LogP contribution < -0.4 is 20.4 Å². The van der Waals surface area contributed by atoms with Gasteiger partial charge < -0.3 is 20.4 Å². The second-order valence-corrected chi connectivity index (χ2v) is 7.12. The summed E-state index contributed by atoms with van der Waals surface area (Å²) in [5, 5.41) is 5.43. The van der Waals surface area contributed by atoms with E-state index in [2.05, 4.69) is 22.5 Å². The maximum atomic E-state index is 13.5. The van der Waals surface area contributed by atoms with Crippen LogP contribution in [0.25, 0.3) is 0 Å². The van der Waals surface area contributed by atoms with Gasteiger partial charge in [-0.25, -0.2) is 8.78 Å². The van der Waals surface area contributed by atoms with Crippen LogP contribution in [0.3, 0.4) is 0 Å². The van der Waals surface area contributed by atoms with Crippen LogP contribution in [-0.4, -0.2) is 38.0 Å². The molecule has 0 saturated heterocycles. The van der Waals surface area contributed by atoms with Crippen molar-refractivity contribution in [2.24, 2.45) is 0 Å².